The van der Waals surface area contributed by atoms with E-state index in [0.29, 0.717) is 18.4 Å². The molecule has 106 valence electrons. The first-order valence-electron chi connectivity index (χ1n) is 6.72. The van der Waals surface area contributed by atoms with Crippen molar-refractivity contribution in [3.05, 3.63) is 11.6 Å². The molecular formula is C14H27NO2S. The van der Waals surface area contributed by atoms with Gasteiger partial charge in [0.2, 0.25) is 0 Å². The maximum Gasteiger partial charge on any atom is 0.153 e. The van der Waals surface area contributed by atoms with Crippen molar-refractivity contribution < 1.29 is 8.42 Å². The predicted octanol–water partition coefficient (Wildman–Crippen LogP) is 2.39. The molecule has 0 radical (unpaired) electrons. The molecule has 0 aliphatic heterocycles. The highest BCUT2D eigenvalue weighted by atomic mass is 32.2. The first kappa shape index (κ1) is 15.7. The zero-order valence-electron chi connectivity index (χ0n) is 12.3. The van der Waals surface area contributed by atoms with Crippen molar-refractivity contribution in [2.75, 3.05) is 19.3 Å². The molecule has 0 amide bonds. The van der Waals surface area contributed by atoms with Crippen molar-refractivity contribution in [2.24, 2.45) is 11.8 Å². The highest BCUT2D eigenvalue weighted by molar-refractivity contribution is 7.92. The number of sulfone groups is 1. The van der Waals surface area contributed by atoms with Crippen molar-refractivity contribution in [3.8, 4) is 0 Å². The Bertz CT molecular complexity index is 410. The number of hydrogen-bond donors (Lipinski definition) is 1. The van der Waals surface area contributed by atoms with Gasteiger partial charge in [-0.2, -0.15) is 0 Å². The van der Waals surface area contributed by atoms with Crippen LogP contribution in [0.3, 0.4) is 0 Å². The fourth-order valence-corrected chi connectivity index (χ4v) is 2.76. The van der Waals surface area contributed by atoms with Crippen molar-refractivity contribution in [3.63, 3.8) is 0 Å². The lowest BCUT2D eigenvalue weighted by molar-refractivity contribution is 0.346. The maximum absolute atomic E-state index is 11.6. The second-order valence-corrected chi connectivity index (χ2v) is 8.92. The zero-order chi connectivity index (χ0) is 14.0. The van der Waals surface area contributed by atoms with E-state index < -0.39 is 14.6 Å². The van der Waals surface area contributed by atoms with Crippen LogP contribution in [0.2, 0.25) is 0 Å². The summed E-state index contributed by atoms with van der Waals surface area (Å²) >= 11 is 0. The third-order valence-electron chi connectivity index (χ3n) is 4.28. The highest BCUT2D eigenvalue weighted by Gasteiger charge is 2.30. The molecule has 18 heavy (non-hydrogen) atoms. The second kappa shape index (κ2) is 5.74. The number of allylic oxidation sites excluding steroid dienone is 1. The Hall–Kier alpha value is -0.350. The topological polar surface area (TPSA) is 46.2 Å². The van der Waals surface area contributed by atoms with E-state index in [-0.39, 0.29) is 0 Å². The van der Waals surface area contributed by atoms with Crippen molar-refractivity contribution in [1.82, 2.24) is 5.32 Å². The van der Waals surface area contributed by atoms with E-state index in [1.165, 1.54) is 24.7 Å². The van der Waals surface area contributed by atoms with Gasteiger partial charge in [0.25, 0.3) is 0 Å². The van der Waals surface area contributed by atoms with Gasteiger partial charge in [0, 0.05) is 19.3 Å². The molecule has 3 nitrogen and oxygen atoms in total. The molecule has 1 rings (SSSR count). The summed E-state index contributed by atoms with van der Waals surface area (Å²) in [4.78, 5) is 0. The molecule has 0 spiro atoms. The first-order valence-corrected chi connectivity index (χ1v) is 8.61. The number of hydrogen-bond acceptors (Lipinski definition) is 3. The third-order valence-corrected chi connectivity index (χ3v) is 6.43. The summed E-state index contributed by atoms with van der Waals surface area (Å²) in [7, 11) is -3.01. The Kier molecular flexibility index (Phi) is 5.01. The molecular weight excluding hydrogens is 246 g/mol. The molecule has 0 aromatic carbocycles. The van der Waals surface area contributed by atoms with Gasteiger partial charge in [-0.3, -0.25) is 0 Å². The second-order valence-electron chi connectivity index (χ2n) is 6.27. The molecule has 0 saturated carbocycles. The molecule has 1 aliphatic rings. The molecule has 4 heteroatoms. The van der Waals surface area contributed by atoms with E-state index in [4.69, 9.17) is 0 Å². The largest absolute Gasteiger partial charge is 0.315 e. The minimum atomic E-state index is -3.01. The van der Waals surface area contributed by atoms with Gasteiger partial charge >= 0.3 is 0 Å². The zero-order valence-corrected chi connectivity index (χ0v) is 13.1. The highest BCUT2D eigenvalue weighted by Crippen LogP contribution is 2.29. The van der Waals surface area contributed by atoms with Crippen LogP contribution in [0.15, 0.2) is 11.6 Å². The van der Waals surface area contributed by atoms with Crippen LogP contribution in [0.4, 0.5) is 0 Å². The molecule has 0 fully saturated rings. The fourth-order valence-electron chi connectivity index (χ4n) is 2.40. The average molecular weight is 273 g/mol. The lowest BCUT2D eigenvalue weighted by atomic mass is 9.80. The summed E-state index contributed by atoms with van der Waals surface area (Å²) in [6.07, 6.45) is 6.04. The van der Waals surface area contributed by atoms with E-state index in [0.717, 1.165) is 6.54 Å². The van der Waals surface area contributed by atoms with Crippen LogP contribution in [-0.2, 0) is 9.84 Å². The quantitative estimate of drug-likeness (QED) is 0.782. The van der Waals surface area contributed by atoms with Gasteiger partial charge < -0.3 is 5.32 Å². The van der Waals surface area contributed by atoms with Crippen LogP contribution in [0.1, 0.15) is 40.5 Å². The molecule has 2 atom stereocenters. The van der Waals surface area contributed by atoms with Crippen LogP contribution >= 0.6 is 0 Å². The summed E-state index contributed by atoms with van der Waals surface area (Å²) < 4.78 is 22.5. The summed E-state index contributed by atoms with van der Waals surface area (Å²) in [6, 6.07) is 0. The average Bonchev–Trinajstić information content (AvgIpc) is 2.20. The standard InChI is InChI=1S/C14H27NO2S/c1-11-7-6-8-12(2)13(11)9-15-10-14(3,4)18(5,16)17/h7,12-13,15H,6,8-10H2,1-5H3/t12-,13+/m1/s1. The van der Waals surface area contributed by atoms with E-state index in [1.54, 1.807) is 13.8 Å². The predicted molar refractivity (Wildman–Crippen MR) is 77.4 cm³/mol. The number of rotatable bonds is 5. The first-order chi connectivity index (χ1) is 8.15. The minimum Gasteiger partial charge on any atom is -0.315 e. The summed E-state index contributed by atoms with van der Waals surface area (Å²) in [5, 5.41) is 3.34. The molecule has 0 aromatic rings. The lowest BCUT2D eigenvalue weighted by Gasteiger charge is -2.30. The van der Waals surface area contributed by atoms with Crippen LogP contribution in [-0.4, -0.2) is 32.5 Å². The van der Waals surface area contributed by atoms with E-state index in [1.807, 2.05) is 0 Å². The van der Waals surface area contributed by atoms with Crippen LogP contribution in [0.5, 0.6) is 0 Å². The van der Waals surface area contributed by atoms with E-state index >= 15 is 0 Å². The molecule has 0 bridgehead atoms. The monoisotopic (exact) mass is 273 g/mol. The summed E-state index contributed by atoms with van der Waals surface area (Å²) in [5.74, 6) is 1.23. The van der Waals surface area contributed by atoms with E-state index in [9.17, 15) is 8.42 Å². The van der Waals surface area contributed by atoms with Gasteiger partial charge in [-0.05, 0) is 45.4 Å². The van der Waals surface area contributed by atoms with Crippen LogP contribution in [0, 0.1) is 11.8 Å². The molecule has 0 unspecified atom stereocenters. The van der Waals surface area contributed by atoms with Gasteiger partial charge in [0.15, 0.2) is 9.84 Å². The normalized spacial score (nSPS) is 25.9. The van der Waals surface area contributed by atoms with Gasteiger partial charge in [-0.1, -0.05) is 18.6 Å². The van der Waals surface area contributed by atoms with E-state index in [2.05, 4.69) is 25.2 Å². The Labute approximate surface area is 112 Å². The third kappa shape index (κ3) is 3.82. The number of nitrogens with one attached hydrogen (secondary N) is 1. The van der Waals surface area contributed by atoms with Gasteiger partial charge in [0.05, 0.1) is 4.75 Å². The Morgan fingerprint density at radius 1 is 1.44 bits per heavy atom. The molecule has 0 saturated heterocycles. The minimum absolute atomic E-state index is 0.516. The molecule has 1 aliphatic carbocycles. The summed E-state index contributed by atoms with van der Waals surface area (Å²) in [5.41, 5.74) is 1.44. The van der Waals surface area contributed by atoms with Crippen molar-refractivity contribution in [2.45, 2.75) is 45.3 Å². The molecule has 0 heterocycles. The van der Waals surface area contributed by atoms with Crippen molar-refractivity contribution in [1.29, 1.82) is 0 Å². The summed E-state index contributed by atoms with van der Waals surface area (Å²) in [6.45, 7) is 9.42. The Morgan fingerprint density at radius 3 is 2.56 bits per heavy atom. The van der Waals surface area contributed by atoms with Gasteiger partial charge in [-0.15, -0.1) is 0 Å². The van der Waals surface area contributed by atoms with Gasteiger partial charge in [-0.25, -0.2) is 8.42 Å². The van der Waals surface area contributed by atoms with Crippen molar-refractivity contribution >= 4 is 9.84 Å². The van der Waals surface area contributed by atoms with Crippen LogP contribution < -0.4 is 5.32 Å². The molecule has 1 N–H and O–H groups in total. The van der Waals surface area contributed by atoms with Gasteiger partial charge in [0.1, 0.15) is 0 Å². The SMILES string of the molecule is CC1=CCC[C@@H](C)[C@H]1CNCC(C)(C)S(C)(=O)=O. The smallest absolute Gasteiger partial charge is 0.153 e. The molecule has 0 aromatic heterocycles. The maximum atomic E-state index is 11.6. The van der Waals surface area contributed by atoms with Crippen LogP contribution in [0.25, 0.3) is 0 Å². The Morgan fingerprint density at radius 2 is 2.06 bits per heavy atom. The fraction of sp³-hybridized carbons (Fsp3) is 0.857. The Balaban J connectivity index is 2.52. The lowest BCUT2D eigenvalue weighted by Crippen LogP contribution is -2.43.